The number of rotatable bonds is 2. The molecule has 3 heterocycles. The molecule has 3 atom stereocenters. The highest BCUT2D eigenvalue weighted by Crippen LogP contribution is 2.39. The van der Waals surface area contributed by atoms with Crippen LogP contribution in [0.3, 0.4) is 0 Å². The first-order valence-corrected chi connectivity index (χ1v) is 7.57. The Morgan fingerprint density at radius 1 is 1.11 bits per heavy atom. The molecule has 1 spiro atoms. The minimum Gasteiger partial charge on any atom is -0.381 e. The van der Waals surface area contributed by atoms with Gasteiger partial charge < -0.3 is 14.2 Å². The van der Waals surface area contributed by atoms with E-state index in [1.54, 1.807) is 0 Å². The molecule has 4 nitrogen and oxygen atoms in total. The van der Waals surface area contributed by atoms with Crippen LogP contribution in [0.15, 0.2) is 0 Å². The Hall–Kier alpha value is -0.450. The van der Waals surface area contributed by atoms with E-state index < -0.39 is 0 Å². The smallest absolute Gasteiger partial charge is 0.141 e. The molecule has 4 heteroatoms. The van der Waals surface area contributed by atoms with Gasteiger partial charge in [-0.1, -0.05) is 0 Å². The number of hydrogen-bond donors (Lipinski definition) is 0. The fourth-order valence-corrected chi connectivity index (χ4v) is 3.77. The number of carbonyl (C=O) groups is 1. The van der Waals surface area contributed by atoms with Crippen LogP contribution in [-0.4, -0.2) is 43.9 Å². The van der Waals surface area contributed by atoms with Gasteiger partial charge in [-0.15, -0.1) is 0 Å². The van der Waals surface area contributed by atoms with Gasteiger partial charge in [-0.2, -0.15) is 0 Å². The van der Waals surface area contributed by atoms with Gasteiger partial charge in [0, 0.05) is 38.3 Å². The predicted molar refractivity (Wildman–Crippen MR) is 70.0 cm³/mol. The topological polar surface area (TPSA) is 44.8 Å². The molecule has 3 aliphatic heterocycles. The SMILES string of the molecule is CC1OCCC1C(=O)C1CCOC2(CCOCC2)C1. The van der Waals surface area contributed by atoms with E-state index in [9.17, 15) is 4.79 Å². The van der Waals surface area contributed by atoms with E-state index >= 15 is 0 Å². The molecular weight excluding hydrogens is 244 g/mol. The quantitative estimate of drug-likeness (QED) is 0.768. The molecule has 0 amide bonds. The molecule has 3 aliphatic rings. The van der Waals surface area contributed by atoms with Crippen LogP contribution in [0.5, 0.6) is 0 Å². The van der Waals surface area contributed by atoms with Gasteiger partial charge in [-0.05, 0) is 39.0 Å². The summed E-state index contributed by atoms with van der Waals surface area (Å²) in [6.45, 7) is 5.02. The first-order valence-electron chi connectivity index (χ1n) is 7.57. The van der Waals surface area contributed by atoms with Crippen LogP contribution in [-0.2, 0) is 19.0 Å². The number of ether oxygens (including phenoxy) is 3. The van der Waals surface area contributed by atoms with Gasteiger partial charge >= 0.3 is 0 Å². The molecule has 0 aromatic rings. The molecule has 0 aromatic carbocycles. The van der Waals surface area contributed by atoms with Crippen LogP contribution in [0.2, 0.25) is 0 Å². The molecular formula is C15H24O4. The summed E-state index contributed by atoms with van der Waals surface area (Å²) in [6.07, 6.45) is 4.64. The maximum atomic E-state index is 12.7. The summed E-state index contributed by atoms with van der Waals surface area (Å²) in [6, 6.07) is 0. The van der Waals surface area contributed by atoms with Crippen LogP contribution in [0.25, 0.3) is 0 Å². The van der Waals surface area contributed by atoms with Crippen molar-refractivity contribution in [1.82, 2.24) is 0 Å². The third-order valence-corrected chi connectivity index (χ3v) is 5.04. The summed E-state index contributed by atoms with van der Waals surface area (Å²) in [5, 5.41) is 0. The summed E-state index contributed by atoms with van der Waals surface area (Å²) in [5.74, 6) is 0.695. The summed E-state index contributed by atoms with van der Waals surface area (Å²) in [4.78, 5) is 12.7. The zero-order valence-electron chi connectivity index (χ0n) is 11.7. The lowest BCUT2D eigenvalue weighted by atomic mass is 9.76. The van der Waals surface area contributed by atoms with Crippen LogP contribution in [0.4, 0.5) is 0 Å². The summed E-state index contributed by atoms with van der Waals surface area (Å²) in [7, 11) is 0. The third-order valence-electron chi connectivity index (χ3n) is 5.04. The van der Waals surface area contributed by atoms with E-state index in [4.69, 9.17) is 14.2 Å². The number of carbonyl (C=O) groups excluding carboxylic acids is 1. The predicted octanol–water partition coefficient (Wildman–Crippen LogP) is 1.96. The van der Waals surface area contributed by atoms with Gasteiger partial charge in [0.2, 0.25) is 0 Å². The lowest BCUT2D eigenvalue weighted by Gasteiger charge is -2.43. The number of ketones is 1. The molecule has 0 saturated carbocycles. The highest BCUT2D eigenvalue weighted by atomic mass is 16.5. The fraction of sp³-hybridized carbons (Fsp3) is 0.933. The fourth-order valence-electron chi connectivity index (χ4n) is 3.77. The second-order valence-electron chi connectivity index (χ2n) is 6.21. The van der Waals surface area contributed by atoms with E-state index in [0.29, 0.717) is 5.78 Å². The Kier molecular flexibility index (Phi) is 3.92. The van der Waals surface area contributed by atoms with Crippen molar-refractivity contribution in [1.29, 1.82) is 0 Å². The minimum atomic E-state index is -0.0838. The van der Waals surface area contributed by atoms with Crippen molar-refractivity contribution in [2.45, 2.75) is 50.7 Å². The lowest BCUT2D eigenvalue weighted by molar-refractivity contribution is -0.159. The molecule has 3 saturated heterocycles. The highest BCUT2D eigenvalue weighted by molar-refractivity contribution is 5.84. The standard InChI is InChI=1S/C15H24O4/c1-11-13(3-6-18-11)14(16)12-2-7-19-15(10-12)4-8-17-9-5-15/h11-13H,2-10H2,1H3. The van der Waals surface area contributed by atoms with Crippen molar-refractivity contribution in [3.63, 3.8) is 0 Å². The van der Waals surface area contributed by atoms with Gasteiger partial charge in [0.05, 0.1) is 11.7 Å². The molecule has 0 aromatic heterocycles. The summed E-state index contributed by atoms with van der Waals surface area (Å²) < 4.78 is 17.0. The van der Waals surface area contributed by atoms with Crippen LogP contribution in [0.1, 0.15) is 39.0 Å². The zero-order valence-corrected chi connectivity index (χ0v) is 11.7. The first kappa shape index (κ1) is 13.5. The van der Waals surface area contributed by atoms with Gasteiger partial charge in [0.15, 0.2) is 0 Å². The summed E-state index contributed by atoms with van der Waals surface area (Å²) in [5.41, 5.74) is -0.0838. The maximum Gasteiger partial charge on any atom is 0.141 e. The van der Waals surface area contributed by atoms with Gasteiger partial charge in [0.1, 0.15) is 5.78 Å². The van der Waals surface area contributed by atoms with Crippen molar-refractivity contribution in [3.8, 4) is 0 Å². The van der Waals surface area contributed by atoms with Crippen molar-refractivity contribution >= 4 is 5.78 Å². The Labute approximate surface area is 114 Å². The van der Waals surface area contributed by atoms with Gasteiger partial charge in [0.25, 0.3) is 0 Å². The van der Waals surface area contributed by atoms with Gasteiger partial charge in [-0.3, -0.25) is 4.79 Å². The van der Waals surface area contributed by atoms with Crippen molar-refractivity contribution in [2.24, 2.45) is 11.8 Å². The van der Waals surface area contributed by atoms with Crippen molar-refractivity contribution < 1.29 is 19.0 Å². The van der Waals surface area contributed by atoms with Gasteiger partial charge in [-0.25, -0.2) is 0 Å². The first-order chi connectivity index (χ1) is 9.20. The van der Waals surface area contributed by atoms with E-state index in [0.717, 1.165) is 58.5 Å². The number of hydrogen-bond acceptors (Lipinski definition) is 4. The summed E-state index contributed by atoms with van der Waals surface area (Å²) >= 11 is 0. The van der Waals surface area contributed by atoms with E-state index in [1.807, 2.05) is 6.92 Å². The Morgan fingerprint density at radius 2 is 1.89 bits per heavy atom. The molecule has 3 unspecified atom stereocenters. The maximum absolute atomic E-state index is 12.7. The Bertz CT molecular complexity index is 330. The third kappa shape index (κ3) is 2.71. The number of Topliss-reactive ketones (excluding diaryl/α,β-unsaturated/α-hetero) is 1. The van der Waals surface area contributed by atoms with Crippen molar-refractivity contribution in [2.75, 3.05) is 26.4 Å². The van der Waals surface area contributed by atoms with E-state index in [1.165, 1.54) is 0 Å². The average molecular weight is 268 g/mol. The average Bonchev–Trinajstić information content (AvgIpc) is 2.85. The van der Waals surface area contributed by atoms with Crippen LogP contribution >= 0.6 is 0 Å². The largest absolute Gasteiger partial charge is 0.381 e. The van der Waals surface area contributed by atoms with E-state index in [-0.39, 0.29) is 23.5 Å². The molecule has 3 rings (SSSR count). The minimum absolute atomic E-state index is 0.0838. The second kappa shape index (κ2) is 5.51. The molecule has 108 valence electrons. The molecule has 0 radical (unpaired) electrons. The van der Waals surface area contributed by atoms with Crippen LogP contribution in [0, 0.1) is 11.8 Å². The molecule has 0 aliphatic carbocycles. The Balaban J connectivity index is 1.65. The monoisotopic (exact) mass is 268 g/mol. The normalized spacial score (nSPS) is 38.5. The molecule has 19 heavy (non-hydrogen) atoms. The molecule has 0 N–H and O–H groups in total. The van der Waals surface area contributed by atoms with Crippen LogP contribution < -0.4 is 0 Å². The van der Waals surface area contributed by atoms with E-state index in [2.05, 4.69) is 0 Å². The van der Waals surface area contributed by atoms with Crippen molar-refractivity contribution in [3.05, 3.63) is 0 Å². The molecule has 0 bridgehead atoms. The second-order valence-corrected chi connectivity index (χ2v) is 6.21. The zero-order chi connectivity index (χ0) is 13.3. The Morgan fingerprint density at radius 3 is 2.58 bits per heavy atom. The molecule has 3 fully saturated rings. The highest BCUT2D eigenvalue weighted by Gasteiger charge is 2.44. The lowest BCUT2D eigenvalue weighted by Crippen LogP contribution is -2.47.